The molecular formula is C22H16ClN3O4. The summed E-state index contributed by atoms with van der Waals surface area (Å²) in [5, 5.41) is 4.92. The number of para-hydroxylation sites is 1. The van der Waals surface area contributed by atoms with E-state index >= 15 is 0 Å². The molecule has 0 bridgehead atoms. The first kappa shape index (κ1) is 19.6. The number of esters is 1. The van der Waals surface area contributed by atoms with Crippen LogP contribution in [0, 0.1) is 0 Å². The highest BCUT2D eigenvalue weighted by Crippen LogP contribution is 2.27. The average Bonchev–Trinajstić information content (AvgIpc) is 3.23. The second-order valence-electron chi connectivity index (χ2n) is 6.27. The number of rotatable bonds is 5. The van der Waals surface area contributed by atoms with E-state index in [1.165, 1.54) is 12.5 Å². The maximum absolute atomic E-state index is 12.5. The van der Waals surface area contributed by atoms with Crippen molar-refractivity contribution < 1.29 is 13.9 Å². The van der Waals surface area contributed by atoms with Gasteiger partial charge in [0.25, 0.3) is 5.56 Å². The monoisotopic (exact) mass is 421 g/mol. The summed E-state index contributed by atoms with van der Waals surface area (Å²) < 4.78 is 11.9. The number of hydrogen-bond donors (Lipinski definition) is 0. The molecule has 0 unspecified atom stereocenters. The Bertz CT molecular complexity index is 1320. The molecule has 2 aromatic heterocycles. The Balaban J connectivity index is 1.61. The zero-order chi connectivity index (χ0) is 21.1. The molecule has 150 valence electrons. The quantitative estimate of drug-likeness (QED) is 0.353. The molecule has 2 heterocycles. The third-order valence-electron chi connectivity index (χ3n) is 4.33. The van der Waals surface area contributed by atoms with E-state index in [1.54, 1.807) is 55.5 Å². The second-order valence-corrected chi connectivity index (χ2v) is 6.68. The number of fused-ring (bicyclic) bond motifs is 1. The number of ether oxygens (including phenoxy) is 1. The Morgan fingerprint density at radius 3 is 2.90 bits per heavy atom. The molecule has 0 amide bonds. The lowest BCUT2D eigenvalue weighted by molar-refractivity contribution is 0.0526. The fourth-order valence-corrected chi connectivity index (χ4v) is 3.08. The number of nitrogens with zero attached hydrogens (tertiary/aromatic N) is 3. The Kier molecular flexibility index (Phi) is 5.45. The molecule has 0 aliphatic heterocycles. The minimum absolute atomic E-state index is 0.254. The van der Waals surface area contributed by atoms with Gasteiger partial charge in [0.15, 0.2) is 0 Å². The molecule has 4 aromatic rings. The predicted molar refractivity (Wildman–Crippen MR) is 114 cm³/mol. The van der Waals surface area contributed by atoms with Gasteiger partial charge in [0.05, 0.1) is 34.3 Å². The average molecular weight is 422 g/mol. The van der Waals surface area contributed by atoms with Crippen molar-refractivity contribution in [2.75, 3.05) is 6.61 Å². The zero-order valence-corrected chi connectivity index (χ0v) is 16.7. The topological polar surface area (TPSA) is 86.7 Å². The molecule has 0 saturated heterocycles. The second kappa shape index (κ2) is 8.34. The van der Waals surface area contributed by atoms with E-state index in [2.05, 4.69) is 10.1 Å². The number of hydrogen-bond acceptors (Lipinski definition) is 6. The molecule has 30 heavy (non-hydrogen) atoms. The first-order valence-electron chi connectivity index (χ1n) is 9.14. The molecule has 0 radical (unpaired) electrons. The fourth-order valence-electron chi connectivity index (χ4n) is 2.88. The lowest BCUT2D eigenvalue weighted by Crippen LogP contribution is -2.16. The number of aromatic nitrogens is 2. The van der Waals surface area contributed by atoms with Gasteiger partial charge in [-0.2, -0.15) is 9.78 Å². The van der Waals surface area contributed by atoms with Crippen molar-refractivity contribution in [3.05, 3.63) is 87.6 Å². The minimum Gasteiger partial charge on any atom is -0.462 e. The SMILES string of the molecule is CCOC(=O)c1cc(-c2ccc(/C=N/n3cnc4ccccc4c3=O)o2)ccc1Cl. The molecule has 0 spiro atoms. The van der Waals surface area contributed by atoms with Gasteiger partial charge >= 0.3 is 5.97 Å². The Morgan fingerprint density at radius 2 is 2.07 bits per heavy atom. The van der Waals surface area contributed by atoms with Crippen LogP contribution in [-0.4, -0.2) is 28.5 Å². The summed E-state index contributed by atoms with van der Waals surface area (Å²) in [5.41, 5.74) is 1.25. The van der Waals surface area contributed by atoms with E-state index in [0.717, 1.165) is 4.68 Å². The molecule has 0 N–H and O–H groups in total. The molecule has 7 nitrogen and oxygen atoms in total. The van der Waals surface area contributed by atoms with Crippen LogP contribution < -0.4 is 5.56 Å². The lowest BCUT2D eigenvalue weighted by Gasteiger charge is -2.05. The molecule has 0 aliphatic rings. The molecule has 2 aromatic carbocycles. The van der Waals surface area contributed by atoms with Crippen molar-refractivity contribution in [2.24, 2.45) is 5.10 Å². The third kappa shape index (κ3) is 3.88. The fraction of sp³-hybridized carbons (Fsp3) is 0.0909. The Hall–Kier alpha value is -3.71. The zero-order valence-electron chi connectivity index (χ0n) is 15.9. The van der Waals surface area contributed by atoms with E-state index in [9.17, 15) is 9.59 Å². The summed E-state index contributed by atoms with van der Waals surface area (Å²) in [6.07, 6.45) is 2.78. The van der Waals surface area contributed by atoms with Gasteiger partial charge < -0.3 is 9.15 Å². The number of furan rings is 1. The van der Waals surface area contributed by atoms with Gasteiger partial charge in [-0.3, -0.25) is 4.79 Å². The van der Waals surface area contributed by atoms with E-state index in [1.807, 2.05) is 6.07 Å². The summed E-state index contributed by atoms with van der Waals surface area (Å²) in [7, 11) is 0. The Labute approximate surface area is 176 Å². The van der Waals surface area contributed by atoms with Crippen LogP contribution in [0.15, 0.2) is 75.2 Å². The number of halogens is 1. The smallest absolute Gasteiger partial charge is 0.339 e. The first-order valence-corrected chi connectivity index (χ1v) is 9.52. The standard InChI is InChI=1S/C22H16ClN3O4/c1-2-29-22(28)17-11-14(7-9-18(17)23)20-10-8-15(30-20)12-25-26-13-24-19-6-4-3-5-16(19)21(26)27/h3-13H,2H2,1H3/b25-12+. The van der Waals surface area contributed by atoms with Crippen molar-refractivity contribution in [3.8, 4) is 11.3 Å². The van der Waals surface area contributed by atoms with Gasteiger partial charge in [-0.15, -0.1) is 0 Å². The number of carbonyl (C=O) groups excluding carboxylic acids is 1. The van der Waals surface area contributed by atoms with Gasteiger partial charge in [-0.25, -0.2) is 9.78 Å². The maximum atomic E-state index is 12.5. The summed E-state index contributed by atoms with van der Waals surface area (Å²) in [4.78, 5) is 28.7. The van der Waals surface area contributed by atoms with Crippen LogP contribution in [0.2, 0.25) is 5.02 Å². The van der Waals surface area contributed by atoms with Gasteiger partial charge in [0.1, 0.15) is 17.8 Å². The van der Waals surface area contributed by atoms with Gasteiger partial charge in [-0.05, 0) is 49.4 Å². The summed E-state index contributed by atoms with van der Waals surface area (Å²) in [6, 6.07) is 15.5. The molecule has 0 atom stereocenters. The molecule has 0 fully saturated rings. The minimum atomic E-state index is -0.499. The van der Waals surface area contributed by atoms with Gasteiger partial charge in [0, 0.05) is 5.56 Å². The van der Waals surface area contributed by atoms with Crippen LogP contribution in [-0.2, 0) is 4.74 Å². The Morgan fingerprint density at radius 1 is 1.23 bits per heavy atom. The van der Waals surface area contributed by atoms with Crippen molar-refractivity contribution in [3.63, 3.8) is 0 Å². The molecule has 0 saturated carbocycles. The lowest BCUT2D eigenvalue weighted by atomic mass is 10.1. The molecular weight excluding hydrogens is 406 g/mol. The summed E-state index contributed by atoms with van der Waals surface area (Å²) in [5.74, 6) is 0.446. The highest BCUT2D eigenvalue weighted by molar-refractivity contribution is 6.33. The van der Waals surface area contributed by atoms with Crippen molar-refractivity contribution in [1.82, 2.24) is 9.66 Å². The maximum Gasteiger partial charge on any atom is 0.339 e. The van der Waals surface area contributed by atoms with Crippen LogP contribution in [0.25, 0.3) is 22.2 Å². The van der Waals surface area contributed by atoms with E-state index in [4.69, 9.17) is 20.8 Å². The van der Waals surface area contributed by atoms with E-state index in [0.29, 0.717) is 33.0 Å². The van der Waals surface area contributed by atoms with Crippen molar-refractivity contribution >= 4 is 34.7 Å². The highest BCUT2D eigenvalue weighted by Gasteiger charge is 2.14. The van der Waals surface area contributed by atoms with Crippen LogP contribution in [0.5, 0.6) is 0 Å². The number of benzene rings is 2. The largest absolute Gasteiger partial charge is 0.462 e. The molecule has 0 aliphatic carbocycles. The molecule has 4 rings (SSSR count). The van der Waals surface area contributed by atoms with Crippen molar-refractivity contribution in [1.29, 1.82) is 0 Å². The van der Waals surface area contributed by atoms with Gasteiger partial charge in [0.2, 0.25) is 0 Å². The van der Waals surface area contributed by atoms with Crippen LogP contribution in [0.1, 0.15) is 23.0 Å². The van der Waals surface area contributed by atoms with Crippen LogP contribution >= 0.6 is 11.6 Å². The number of carbonyl (C=O) groups is 1. The predicted octanol–water partition coefficient (Wildman–Crippen LogP) is 4.37. The summed E-state index contributed by atoms with van der Waals surface area (Å²) in [6.45, 7) is 1.98. The highest BCUT2D eigenvalue weighted by atomic mass is 35.5. The van der Waals surface area contributed by atoms with Crippen LogP contribution in [0.4, 0.5) is 0 Å². The van der Waals surface area contributed by atoms with E-state index in [-0.39, 0.29) is 17.7 Å². The van der Waals surface area contributed by atoms with Crippen LogP contribution in [0.3, 0.4) is 0 Å². The first-order chi connectivity index (χ1) is 14.6. The third-order valence-corrected chi connectivity index (χ3v) is 4.66. The molecule has 8 heteroatoms. The van der Waals surface area contributed by atoms with Gasteiger partial charge in [-0.1, -0.05) is 23.7 Å². The summed E-state index contributed by atoms with van der Waals surface area (Å²) >= 11 is 6.10. The van der Waals surface area contributed by atoms with Crippen molar-refractivity contribution in [2.45, 2.75) is 6.92 Å². The normalized spacial score (nSPS) is 11.3. The van der Waals surface area contributed by atoms with E-state index < -0.39 is 5.97 Å².